The molecule has 0 radical (unpaired) electrons. The Balaban J connectivity index is 1.47. The van der Waals surface area contributed by atoms with Gasteiger partial charge in [-0.25, -0.2) is 9.98 Å². The van der Waals surface area contributed by atoms with Gasteiger partial charge in [-0.3, -0.25) is 0 Å². The van der Waals surface area contributed by atoms with Gasteiger partial charge in [0.1, 0.15) is 0 Å². The molecule has 0 fully saturated rings. The van der Waals surface area contributed by atoms with Crippen molar-refractivity contribution in [3.05, 3.63) is 155 Å². The van der Waals surface area contributed by atoms with Gasteiger partial charge >= 0.3 is 0 Å². The number of nitrogens with zero attached hydrogens (tertiary/aromatic N) is 2. The van der Waals surface area contributed by atoms with Gasteiger partial charge in [0.2, 0.25) is 0 Å². The SMILES string of the molecule is c1ccc2c(c1)=Nc1c3c(ccc1=2)=Nc1ccc(-c2cccc4ccccc24)c(-c2cccc4ccccc24)c1-3. The molecule has 7 aromatic rings. The minimum absolute atomic E-state index is 0.988. The fourth-order valence-electron chi connectivity index (χ4n) is 6.65. The van der Waals surface area contributed by atoms with Crippen LogP contribution in [0.5, 0.6) is 0 Å². The molecule has 40 heavy (non-hydrogen) atoms. The van der Waals surface area contributed by atoms with Gasteiger partial charge in [-0.15, -0.1) is 0 Å². The summed E-state index contributed by atoms with van der Waals surface area (Å²) in [5.74, 6) is 0. The monoisotopic (exact) mass is 506 g/mol. The molecule has 2 heterocycles. The zero-order valence-corrected chi connectivity index (χ0v) is 21.6. The van der Waals surface area contributed by atoms with E-state index in [0.29, 0.717) is 0 Å². The summed E-state index contributed by atoms with van der Waals surface area (Å²) < 4.78 is 0. The predicted molar refractivity (Wildman–Crippen MR) is 164 cm³/mol. The van der Waals surface area contributed by atoms with Crippen molar-refractivity contribution < 1.29 is 0 Å². The Morgan fingerprint density at radius 2 is 1.02 bits per heavy atom. The summed E-state index contributed by atoms with van der Waals surface area (Å²) in [6.07, 6.45) is 0. The van der Waals surface area contributed by atoms with Crippen molar-refractivity contribution in [2.75, 3.05) is 0 Å². The minimum Gasteiger partial charge on any atom is -0.248 e. The molecule has 0 N–H and O–H groups in total. The molecule has 7 aromatic carbocycles. The van der Waals surface area contributed by atoms with Crippen molar-refractivity contribution in [3.8, 4) is 33.4 Å². The lowest BCUT2D eigenvalue weighted by Crippen LogP contribution is -2.01. The van der Waals surface area contributed by atoms with Crippen molar-refractivity contribution >= 4 is 32.9 Å². The van der Waals surface area contributed by atoms with Crippen LogP contribution in [0.4, 0.5) is 11.4 Å². The summed E-state index contributed by atoms with van der Waals surface area (Å²) in [5, 5.41) is 9.33. The molecule has 0 spiro atoms. The van der Waals surface area contributed by atoms with E-state index in [-0.39, 0.29) is 0 Å². The number of hydrogen-bond donors (Lipinski definition) is 0. The van der Waals surface area contributed by atoms with Crippen LogP contribution in [-0.4, -0.2) is 0 Å². The third kappa shape index (κ3) is 2.93. The highest BCUT2D eigenvalue weighted by atomic mass is 14.8. The Morgan fingerprint density at radius 3 is 1.85 bits per heavy atom. The normalized spacial score (nSPS) is 12.4. The summed E-state index contributed by atoms with van der Waals surface area (Å²) in [5.41, 5.74) is 9.20. The summed E-state index contributed by atoms with van der Waals surface area (Å²) in [6.45, 7) is 0. The van der Waals surface area contributed by atoms with Gasteiger partial charge in [0.15, 0.2) is 0 Å². The van der Waals surface area contributed by atoms with Crippen LogP contribution in [0.3, 0.4) is 0 Å². The zero-order chi connectivity index (χ0) is 26.2. The van der Waals surface area contributed by atoms with Crippen LogP contribution in [0, 0.1) is 10.4 Å². The lowest BCUT2D eigenvalue weighted by molar-refractivity contribution is 1.36. The van der Waals surface area contributed by atoms with E-state index in [0.717, 1.165) is 27.7 Å². The van der Waals surface area contributed by atoms with Crippen LogP contribution in [-0.2, 0) is 0 Å². The average molecular weight is 507 g/mol. The van der Waals surface area contributed by atoms with Crippen molar-refractivity contribution in [1.29, 1.82) is 0 Å². The molecule has 2 heteroatoms. The smallest absolute Gasteiger partial charge is 0.0817 e. The molecule has 0 aromatic heterocycles. The molecule has 2 aliphatic rings. The lowest BCUT2D eigenvalue weighted by atomic mass is 9.84. The highest BCUT2D eigenvalue weighted by Gasteiger charge is 2.27. The first-order chi connectivity index (χ1) is 19.8. The predicted octanol–water partition coefficient (Wildman–Crippen LogP) is 8.81. The van der Waals surface area contributed by atoms with Gasteiger partial charge in [0.25, 0.3) is 0 Å². The van der Waals surface area contributed by atoms with Crippen LogP contribution in [0.15, 0.2) is 143 Å². The van der Waals surface area contributed by atoms with Gasteiger partial charge in [0.05, 0.1) is 22.1 Å². The maximum atomic E-state index is 5.18. The third-order valence-electron chi connectivity index (χ3n) is 8.40. The molecule has 0 saturated carbocycles. The van der Waals surface area contributed by atoms with E-state index in [2.05, 4.69) is 133 Å². The van der Waals surface area contributed by atoms with Crippen LogP contribution in [0.25, 0.3) is 54.9 Å². The highest BCUT2D eigenvalue weighted by Crippen LogP contribution is 2.51. The maximum absolute atomic E-state index is 5.18. The quantitative estimate of drug-likeness (QED) is 0.224. The number of fused-ring (bicyclic) bond motifs is 8. The topological polar surface area (TPSA) is 24.7 Å². The molecule has 0 unspecified atom stereocenters. The molecule has 0 atom stereocenters. The molecule has 9 rings (SSSR count). The molecule has 0 amide bonds. The van der Waals surface area contributed by atoms with Gasteiger partial charge < -0.3 is 0 Å². The van der Waals surface area contributed by atoms with E-state index in [1.54, 1.807) is 0 Å². The van der Waals surface area contributed by atoms with Gasteiger partial charge in [-0.05, 0) is 62.5 Å². The molecule has 0 saturated heterocycles. The van der Waals surface area contributed by atoms with E-state index >= 15 is 0 Å². The second-order valence-corrected chi connectivity index (χ2v) is 10.5. The van der Waals surface area contributed by atoms with E-state index < -0.39 is 0 Å². The average Bonchev–Trinajstić information content (AvgIpc) is 3.58. The number of benzene rings is 7. The highest BCUT2D eigenvalue weighted by molar-refractivity contribution is 6.12. The van der Waals surface area contributed by atoms with Crippen LogP contribution < -0.4 is 10.7 Å². The minimum atomic E-state index is 0.988. The molecular weight excluding hydrogens is 484 g/mol. The Morgan fingerprint density at radius 1 is 0.350 bits per heavy atom. The van der Waals surface area contributed by atoms with Crippen LogP contribution in [0.1, 0.15) is 0 Å². The first-order valence-electron chi connectivity index (χ1n) is 13.7. The fourth-order valence-corrected chi connectivity index (χ4v) is 6.65. The molecule has 0 aliphatic carbocycles. The first kappa shape index (κ1) is 21.6. The molecule has 2 nitrogen and oxygen atoms in total. The third-order valence-corrected chi connectivity index (χ3v) is 8.40. The lowest BCUT2D eigenvalue weighted by Gasteiger charge is -2.19. The molecule has 0 bridgehead atoms. The van der Waals surface area contributed by atoms with Crippen LogP contribution in [0.2, 0.25) is 0 Å². The van der Waals surface area contributed by atoms with E-state index in [4.69, 9.17) is 9.98 Å². The van der Waals surface area contributed by atoms with Crippen molar-refractivity contribution in [2.45, 2.75) is 0 Å². The Hall–Kier alpha value is -5.34. The van der Waals surface area contributed by atoms with Crippen LogP contribution >= 0.6 is 0 Å². The van der Waals surface area contributed by atoms with Crippen molar-refractivity contribution in [3.63, 3.8) is 0 Å². The van der Waals surface area contributed by atoms with E-state index in [1.807, 2.05) is 0 Å². The molecular formula is C38H22N2. The van der Waals surface area contributed by atoms with Gasteiger partial charge in [-0.1, -0.05) is 109 Å². The Kier molecular flexibility index (Phi) is 4.36. The van der Waals surface area contributed by atoms with Gasteiger partial charge in [0, 0.05) is 27.1 Å². The number of para-hydroxylation sites is 1. The van der Waals surface area contributed by atoms with Crippen molar-refractivity contribution in [1.82, 2.24) is 0 Å². The standard InChI is InChI=1S/C38H22N2/c1-3-13-25-23(9-1)11-7-16-27(25)30-19-21-33-36(35(30)29-17-8-12-24-10-2-4-14-26(24)29)37-34(39-33)22-20-31-28-15-5-6-18-32(28)40-38(31)37/h1-22H. The summed E-state index contributed by atoms with van der Waals surface area (Å²) in [4.78, 5) is 10.3. The first-order valence-corrected chi connectivity index (χ1v) is 13.7. The number of hydrogen-bond acceptors (Lipinski definition) is 2. The molecule has 184 valence electrons. The zero-order valence-electron chi connectivity index (χ0n) is 21.6. The maximum Gasteiger partial charge on any atom is 0.0817 e. The van der Waals surface area contributed by atoms with E-state index in [9.17, 15) is 0 Å². The fraction of sp³-hybridized carbons (Fsp3) is 0. The molecule has 2 aliphatic heterocycles. The van der Waals surface area contributed by atoms with E-state index in [1.165, 1.54) is 59.8 Å². The summed E-state index contributed by atoms with van der Waals surface area (Å²) >= 11 is 0. The Labute approximate surface area is 230 Å². The largest absolute Gasteiger partial charge is 0.248 e. The summed E-state index contributed by atoms with van der Waals surface area (Å²) in [6, 6.07) is 47.8. The Bertz CT molecular complexity index is 2430. The number of rotatable bonds is 2. The van der Waals surface area contributed by atoms with Gasteiger partial charge in [-0.2, -0.15) is 0 Å². The second kappa shape index (κ2) is 8.08. The second-order valence-electron chi connectivity index (χ2n) is 10.5. The van der Waals surface area contributed by atoms with Crippen molar-refractivity contribution in [2.24, 2.45) is 9.98 Å². The summed E-state index contributed by atoms with van der Waals surface area (Å²) in [7, 11) is 0.